The zero-order valence-corrected chi connectivity index (χ0v) is 15.9. The molecule has 0 radical (unpaired) electrons. The largest absolute Gasteiger partial charge is 0.461 e. The highest BCUT2D eigenvalue weighted by Crippen LogP contribution is 2.08. The van der Waals surface area contributed by atoms with Crippen LogP contribution in [0.15, 0.2) is 0 Å². The number of hydrogen-bond donors (Lipinski definition) is 1. The zero-order chi connectivity index (χ0) is 18.9. The van der Waals surface area contributed by atoms with E-state index in [4.69, 9.17) is 15.2 Å². The minimum absolute atomic E-state index is 0.249. The van der Waals surface area contributed by atoms with Crippen molar-refractivity contribution in [2.24, 2.45) is 5.73 Å². The number of carbonyl (C=O) groups is 3. The third kappa shape index (κ3) is 14.5. The van der Waals surface area contributed by atoms with Crippen molar-refractivity contribution < 1.29 is 23.9 Å². The Labute approximate surface area is 151 Å². The van der Waals surface area contributed by atoms with Gasteiger partial charge in [0.1, 0.15) is 6.61 Å². The summed E-state index contributed by atoms with van der Waals surface area (Å²) in [5, 5.41) is 0. The summed E-state index contributed by atoms with van der Waals surface area (Å²) in [5.41, 5.74) is 5.21. The number of nitrogens with two attached hydrogens (primary N) is 1. The van der Waals surface area contributed by atoms with Crippen LogP contribution in [0.3, 0.4) is 0 Å². The fraction of sp³-hybridized carbons (Fsp3) is 0.842. The molecule has 0 rings (SSSR count). The number of amides is 1. The molecule has 0 fully saturated rings. The lowest BCUT2D eigenvalue weighted by Crippen LogP contribution is -2.37. The number of primary amides is 1. The lowest BCUT2D eigenvalue weighted by molar-refractivity contribution is -0.163. The van der Waals surface area contributed by atoms with Crippen LogP contribution in [-0.4, -0.2) is 30.6 Å². The van der Waals surface area contributed by atoms with E-state index in [2.05, 4.69) is 13.8 Å². The third-order valence-corrected chi connectivity index (χ3v) is 3.96. The van der Waals surface area contributed by atoms with Gasteiger partial charge in [-0.15, -0.1) is 0 Å². The fourth-order valence-electron chi connectivity index (χ4n) is 2.38. The summed E-state index contributed by atoms with van der Waals surface area (Å²) in [7, 11) is 0. The molecule has 146 valence electrons. The normalized spacial score (nSPS) is 11.8. The van der Waals surface area contributed by atoms with Crippen LogP contribution in [0.4, 0.5) is 0 Å². The van der Waals surface area contributed by atoms with Crippen molar-refractivity contribution in [2.45, 2.75) is 97.0 Å². The molecule has 0 aromatic rings. The number of hydrogen-bond acceptors (Lipinski definition) is 5. The molecule has 2 N–H and O–H groups in total. The van der Waals surface area contributed by atoms with E-state index in [1.54, 1.807) is 0 Å². The standard InChI is InChI=1S/C19H35NO5/c1-3-5-7-9-11-13-17(21)24-15-16(19(20)23)25-18(22)14-12-10-8-6-4-2/h16H,3-15H2,1-2H3,(H2,20,23). The van der Waals surface area contributed by atoms with E-state index in [0.29, 0.717) is 6.42 Å². The van der Waals surface area contributed by atoms with Gasteiger partial charge in [-0.3, -0.25) is 14.4 Å². The highest BCUT2D eigenvalue weighted by Gasteiger charge is 2.22. The Morgan fingerprint density at radius 1 is 0.760 bits per heavy atom. The first-order valence-corrected chi connectivity index (χ1v) is 9.65. The van der Waals surface area contributed by atoms with Crippen LogP contribution < -0.4 is 5.73 Å². The van der Waals surface area contributed by atoms with Gasteiger partial charge in [0.2, 0.25) is 6.10 Å². The summed E-state index contributed by atoms with van der Waals surface area (Å²) in [6, 6.07) is 0. The second-order valence-electron chi connectivity index (χ2n) is 6.39. The number of carbonyl (C=O) groups excluding carboxylic acids is 3. The van der Waals surface area contributed by atoms with Gasteiger partial charge in [0.15, 0.2) is 0 Å². The average Bonchev–Trinajstić information content (AvgIpc) is 2.58. The Kier molecular flexibility index (Phi) is 14.9. The number of esters is 2. The molecular formula is C19H35NO5. The first-order chi connectivity index (χ1) is 12.0. The van der Waals surface area contributed by atoms with Crippen LogP contribution in [-0.2, 0) is 23.9 Å². The maximum absolute atomic E-state index is 11.7. The highest BCUT2D eigenvalue weighted by atomic mass is 16.6. The Morgan fingerprint density at radius 2 is 1.24 bits per heavy atom. The summed E-state index contributed by atoms with van der Waals surface area (Å²) < 4.78 is 10.0. The van der Waals surface area contributed by atoms with E-state index < -0.39 is 23.9 Å². The Hall–Kier alpha value is -1.59. The van der Waals surface area contributed by atoms with Crippen LogP contribution in [0.2, 0.25) is 0 Å². The van der Waals surface area contributed by atoms with Gasteiger partial charge in [-0.25, -0.2) is 0 Å². The molecule has 6 heteroatoms. The summed E-state index contributed by atoms with van der Waals surface area (Å²) in [5.74, 6) is -1.66. The zero-order valence-electron chi connectivity index (χ0n) is 15.9. The minimum Gasteiger partial charge on any atom is -0.461 e. The SMILES string of the molecule is CCCCCCCC(=O)OCC(OC(=O)CCCCCCC)C(N)=O. The van der Waals surface area contributed by atoms with Gasteiger partial charge in [0.05, 0.1) is 0 Å². The van der Waals surface area contributed by atoms with Crippen LogP contribution in [0.1, 0.15) is 90.9 Å². The van der Waals surface area contributed by atoms with Gasteiger partial charge in [-0.2, -0.15) is 0 Å². The van der Waals surface area contributed by atoms with E-state index in [1.165, 1.54) is 0 Å². The Balaban J connectivity index is 3.94. The summed E-state index contributed by atoms with van der Waals surface area (Å²) in [6.45, 7) is 3.95. The first-order valence-electron chi connectivity index (χ1n) is 9.65. The molecule has 0 bridgehead atoms. The van der Waals surface area contributed by atoms with Crippen molar-refractivity contribution in [1.82, 2.24) is 0 Å². The summed E-state index contributed by atoms with van der Waals surface area (Å²) in [6.07, 6.45) is 9.55. The van der Waals surface area contributed by atoms with Gasteiger partial charge >= 0.3 is 11.9 Å². The molecule has 0 saturated heterocycles. The van der Waals surface area contributed by atoms with E-state index in [-0.39, 0.29) is 13.0 Å². The fourth-order valence-corrected chi connectivity index (χ4v) is 2.38. The second-order valence-corrected chi connectivity index (χ2v) is 6.39. The van der Waals surface area contributed by atoms with Crippen molar-refractivity contribution in [2.75, 3.05) is 6.61 Å². The maximum atomic E-state index is 11.7. The van der Waals surface area contributed by atoms with E-state index in [0.717, 1.165) is 64.2 Å². The van der Waals surface area contributed by atoms with Gasteiger partial charge in [0, 0.05) is 12.8 Å². The van der Waals surface area contributed by atoms with Crippen molar-refractivity contribution in [1.29, 1.82) is 0 Å². The number of unbranched alkanes of at least 4 members (excludes halogenated alkanes) is 8. The molecule has 25 heavy (non-hydrogen) atoms. The smallest absolute Gasteiger partial charge is 0.306 e. The molecule has 0 heterocycles. The molecule has 0 spiro atoms. The van der Waals surface area contributed by atoms with Crippen molar-refractivity contribution >= 4 is 17.8 Å². The van der Waals surface area contributed by atoms with Crippen LogP contribution in [0, 0.1) is 0 Å². The van der Waals surface area contributed by atoms with E-state index in [9.17, 15) is 14.4 Å². The predicted molar refractivity (Wildman–Crippen MR) is 96.8 cm³/mol. The number of ether oxygens (including phenoxy) is 2. The van der Waals surface area contributed by atoms with Crippen molar-refractivity contribution in [3.63, 3.8) is 0 Å². The van der Waals surface area contributed by atoms with E-state index >= 15 is 0 Å². The minimum atomic E-state index is -1.20. The van der Waals surface area contributed by atoms with Crippen LogP contribution in [0.5, 0.6) is 0 Å². The molecule has 0 saturated carbocycles. The number of rotatable bonds is 16. The van der Waals surface area contributed by atoms with Gasteiger partial charge in [0.25, 0.3) is 5.91 Å². The molecule has 0 aromatic heterocycles. The summed E-state index contributed by atoms with van der Waals surface area (Å²) >= 11 is 0. The highest BCUT2D eigenvalue weighted by molar-refractivity contribution is 5.82. The lowest BCUT2D eigenvalue weighted by Gasteiger charge is -2.15. The summed E-state index contributed by atoms with van der Waals surface area (Å²) in [4.78, 5) is 34.7. The molecule has 1 atom stereocenters. The van der Waals surface area contributed by atoms with Crippen molar-refractivity contribution in [3.05, 3.63) is 0 Å². The van der Waals surface area contributed by atoms with Gasteiger partial charge < -0.3 is 15.2 Å². The molecule has 0 aliphatic carbocycles. The first kappa shape index (κ1) is 23.4. The van der Waals surface area contributed by atoms with Crippen molar-refractivity contribution in [3.8, 4) is 0 Å². The maximum Gasteiger partial charge on any atom is 0.306 e. The van der Waals surface area contributed by atoms with Gasteiger partial charge in [-0.05, 0) is 12.8 Å². The molecule has 0 aliphatic heterocycles. The van der Waals surface area contributed by atoms with Crippen LogP contribution >= 0.6 is 0 Å². The molecule has 1 amide bonds. The molecule has 1 unspecified atom stereocenters. The quantitative estimate of drug-likeness (QED) is 0.336. The topological polar surface area (TPSA) is 95.7 Å². The third-order valence-electron chi connectivity index (χ3n) is 3.96. The molecule has 0 aliphatic rings. The lowest BCUT2D eigenvalue weighted by atomic mass is 10.1. The van der Waals surface area contributed by atoms with Gasteiger partial charge in [-0.1, -0.05) is 65.2 Å². The molecule has 6 nitrogen and oxygen atoms in total. The second kappa shape index (κ2) is 15.9. The Bertz CT molecular complexity index is 384. The molecular weight excluding hydrogens is 322 g/mol. The predicted octanol–water partition coefficient (Wildman–Crippen LogP) is 3.65. The average molecular weight is 357 g/mol. The Morgan fingerprint density at radius 3 is 1.72 bits per heavy atom. The van der Waals surface area contributed by atoms with Crippen LogP contribution in [0.25, 0.3) is 0 Å². The van der Waals surface area contributed by atoms with E-state index in [1.807, 2.05) is 0 Å². The monoisotopic (exact) mass is 357 g/mol. The molecule has 0 aromatic carbocycles.